The summed E-state index contributed by atoms with van der Waals surface area (Å²) >= 11 is 0. The zero-order chi connectivity index (χ0) is 13.5. The second kappa shape index (κ2) is 7.52. The predicted octanol–water partition coefficient (Wildman–Crippen LogP) is 2.96. The van der Waals surface area contributed by atoms with E-state index in [0.717, 1.165) is 13.0 Å². The Morgan fingerprint density at radius 1 is 1.06 bits per heavy atom. The molecule has 0 saturated carbocycles. The van der Waals surface area contributed by atoms with Crippen molar-refractivity contribution < 1.29 is 9.47 Å². The zero-order valence-corrected chi connectivity index (χ0v) is 12.1. The Morgan fingerprint density at radius 3 is 2.06 bits per heavy atom. The molecule has 3 nitrogen and oxygen atoms in total. The van der Waals surface area contributed by atoms with Crippen molar-refractivity contribution in [3.8, 4) is 0 Å². The van der Waals surface area contributed by atoms with Gasteiger partial charge in [0.15, 0.2) is 6.29 Å². The molecule has 1 aromatic rings. The third-order valence-corrected chi connectivity index (χ3v) is 2.95. The topological polar surface area (TPSA) is 30.5 Å². The molecule has 0 radical (unpaired) electrons. The van der Waals surface area contributed by atoms with E-state index in [-0.39, 0.29) is 12.3 Å². The lowest BCUT2D eigenvalue weighted by molar-refractivity contribution is -0.124. The quantitative estimate of drug-likeness (QED) is 0.756. The smallest absolute Gasteiger partial charge is 0.176 e. The van der Waals surface area contributed by atoms with Gasteiger partial charge in [0.1, 0.15) is 0 Å². The SMILES string of the molecule is CCCNC(c1cc(C)cc(C)c1)C(OC)OC. The Morgan fingerprint density at radius 2 is 1.61 bits per heavy atom. The van der Waals surface area contributed by atoms with Gasteiger partial charge in [-0.25, -0.2) is 0 Å². The third kappa shape index (κ3) is 4.09. The first-order valence-corrected chi connectivity index (χ1v) is 6.49. The van der Waals surface area contributed by atoms with Crippen molar-refractivity contribution in [3.63, 3.8) is 0 Å². The number of hydrogen-bond donors (Lipinski definition) is 1. The summed E-state index contributed by atoms with van der Waals surface area (Å²) in [5.41, 5.74) is 3.74. The molecule has 1 N–H and O–H groups in total. The molecule has 1 aromatic carbocycles. The second-order valence-electron chi connectivity index (χ2n) is 4.69. The first-order chi connectivity index (χ1) is 8.62. The lowest BCUT2D eigenvalue weighted by Crippen LogP contribution is -2.35. The monoisotopic (exact) mass is 251 g/mol. The molecule has 0 aliphatic carbocycles. The van der Waals surface area contributed by atoms with E-state index in [2.05, 4.69) is 44.3 Å². The normalized spacial score (nSPS) is 13.0. The van der Waals surface area contributed by atoms with Crippen LogP contribution in [0.25, 0.3) is 0 Å². The summed E-state index contributed by atoms with van der Waals surface area (Å²) in [6.45, 7) is 7.32. The predicted molar refractivity (Wildman–Crippen MR) is 74.8 cm³/mol. The minimum atomic E-state index is -0.266. The van der Waals surface area contributed by atoms with E-state index in [0.29, 0.717) is 0 Å². The summed E-state index contributed by atoms with van der Waals surface area (Å²) < 4.78 is 10.8. The van der Waals surface area contributed by atoms with Crippen LogP contribution < -0.4 is 5.32 Å². The van der Waals surface area contributed by atoms with E-state index >= 15 is 0 Å². The molecule has 1 atom stereocenters. The average Bonchev–Trinajstić information content (AvgIpc) is 2.33. The molecule has 0 spiro atoms. The fraction of sp³-hybridized carbons (Fsp3) is 0.600. The van der Waals surface area contributed by atoms with E-state index in [1.165, 1.54) is 16.7 Å². The molecular formula is C15H25NO2. The lowest BCUT2D eigenvalue weighted by Gasteiger charge is -2.26. The molecule has 1 rings (SSSR count). The van der Waals surface area contributed by atoms with E-state index in [1.54, 1.807) is 14.2 Å². The molecule has 0 heterocycles. The van der Waals surface area contributed by atoms with Gasteiger partial charge in [0.2, 0.25) is 0 Å². The number of methoxy groups -OCH3 is 2. The maximum absolute atomic E-state index is 5.41. The molecule has 1 unspecified atom stereocenters. The largest absolute Gasteiger partial charge is 0.354 e. The van der Waals surface area contributed by atoms with Crippen LogP contribution in [-0.2, 0) is 9.47 Å². The highest BCUT2D eigenvalue weighted by Gasteiger charge is 2.22. The second-order valence-corrected chi connectivity index (χ2v) is 4.69. The van der Waals surface area contributed by atoms with Crippen LogP contribution in [0.3, 0.4) is 0 Å². The summed E-state index contributed by atoms with van der Waals surface area (Å²) in [5.74, 6) is 0. The van der Waals surface area contributed by atoms with Crippen LogP contribution in [0.2, 0.25) is 0 Å². The Bertz CT molecular complexity index is 341. The maximum atomic E-state index is 5.41. The Hall–Kier alpha value is -0.900. The third-order valence-electron chi connectivity index (χ3n) is 2.95. The van der Waals surface area contributed by atoms with Crippen molar-refractivity contribution >= 4 is 0 Å². The van der Waals surface area contributed by atoms with Crippen molar-refractivity contribution in [1.82, 2.24) is 5.32 Å². The highest BCUT2D eigenvalue weighted by Crippen LogP contribution is 2.22. The zero-order valence-electron chi connectivity index (χ0n) is 12.1. The van der Waals surface area contributed by atoms with Gasteiger partial charge in [0.05, 0.1) is 6.04 Å². The summed E-state index contributed by atoms with van der Waals surface area (Å²) in [4.78, 5) is 0. The van der Waals surface area contributed by atoms with Crippen LogP contribution >= 0.6 is 0 Å². The van der Waals surface area contributed by atoms with Gasteiger partial charge in [0.25, 0.3) is 0 Å². The van der Waals surface area contributed by atoms with Gasteiger partial charge < -0.3 is 14.8 Å². The number of rotatable bonds is 7. The van der Waals surface area contributed by atoms with E-state index in [9.17, 15) is 0 Å². The van der Waals surface area contributed by atoms with Gasteiger partial charge in [0, 0.05) is 14.2 Å². The van der Waals surface area contributed by atoms with Crippen molar-refractivity contribution in [2.24, 2.45) is 0 Å². The molecule has 18 heavy (non-hydrogen) atoms. The fourth-order valence-electron chi connectivity index (χ4n) is 2.23. The van der Waals surface area contributed by atoms with Gasteiger partial charge >= 0.3 is 0 Å². The number of nitrogens with one attached hydrogen (secondary N) is 1. The molecule has 0 bridgehead atoms. The number of hydrogen-bond acceptors (Lipinski definition) is 3. The first kappa shape index (κ1) is 15.2. The average molecular weight is 251 g/mol. The minimum Gasteiger partial charge on any atom is -0.354 e. The fourth-order valence-corrected chi connectivity index (χ4v) is 2.23. The lowest BCUT2D eigenvalue weighted by atomic mass is 10.0. The van der Waals surface area contributed by atoms with Crippen molar-refractivity contribution in [1.29, 1.82) is 0 Å². The molecule has 0 fully saturated rings. The molecule has 102 valence electrons. The number of aryl methyl sites for hydroxylation is 2. The van der Waals surface area contributed by atoms with E-state index < -0.39 is 0 Å². The van der Waals surface area contributed by atoms with Gasteiger partial charge in [-0.3, -0.25) is 0 Å². The van der Waals surface area contributed by atoms with Crippen LogP contribution in [0.5, 0.6) is 0 Å². The summed E-state index contributed by atoms with van der Waals surface area (Å²) in [6.07, 6.45) is 0.819. The standard InChI is InChI=1S/C15H25NO2/c1-6-7-16-14(15(17-4)18-5)13-9-11(2)8-12(3)10-13/h8-10,14-16H,6-7H2,1-5H3. The van der Waals surface area contributed by atoms with Crippen LogP contribution in [0, 0.1) is 13.8 Å². The Balaban J connectivity index is 2.99. The molecule has 0 aliphatic rings. The minimum absolute atomic E-state index is 0.0681. The molecular weight excluding hydrogens is 226 g/mol. The van der Waals surface area contributed by atoms with Gasteiger partial charge in [-0.05, 0) is 32.4 Å². The van der Waals surface area contributed by atoms with E-state index in [1.807, 2.05) is 0 Å². The molecule has 0 aliphatic heterocycles. The van der Waals surface area contributed by atoms with Crippen LogP contribution in [0.1, 0.15) is 36.1 Å². The first-order valence-electron chi connectivity index (χ1n) is 6.49. The van der Waals surface area contributed by atoms with Crippen molar-refractivity contribution in [2.45, 2.75) is 39.5 Å². The highest BCUT2D eigenvalue weighted by molar-refractivity contribution is 5.31. The van der Waals surface area contributed by atoms with Crippen LogP contribution in [-0.4, -0.2) is 27.1 Å². The number of benzene rings is 1. The molecule has 0 aromatic heterocycles. The maximum Gasteiger partial charge on any atom is 0.176 e. The summed E-state index contributed by atoms with van der Waals surface area (Å²) in [6, 6.07) is 6.62. The van der Waals surface area contributed by atoms with Gasteiger partial charge in [-0.15, -0.1) is 0 Å². The Labute approximate surface area is 110 Å². The highest BCUT2D eigenvalue weighted by atomic mass is 16.7. The van der Waals surface area contributed by atoms with Crippen molar-refractivity contribution in [2.75, 3.05) is 20.8 Å². The van der Waals surface area contributed by atoms with Crippen molar-refractivity contribution in [3.05, 3.63) is 34.9 Å². The molecule has 0 saturated heterocycles. The molecule has 0 amide bonds. The summed E-state index contributed by atoms with van der Waals surface area (Å²) in [7, 11) is 3.36. The number of ether oxygens (including phenoxy) is 2. The van der Waals surface area contributed by atoms with E-state index in [4.69, 9.17) is 9.47 Å². The molecule has 3 heteroatoms. The summed E-state index contributed by atoms with van der Waals surface area (Å²) in [5, 5.41) is 3.49. The van der Waals surface area contributed by atoms with Crippen LogP contribution in [0.4, 0.5) is 0 Å². The van der Waals surface area contributed by atoms with Gasteiger partial charge in [-0.1, -0.05) is 36.2 Å². The van der Waals surface area contributed by atoms with Gasteiger partial charge in [-0.2, -0.15) is 0 Å². The Kier molecular flexibility index (Phi) is 6.33. The van der Waals surface area contributed by atoms with Crippen LogP contribution in [0.15, 0.2) is 18.2 Å².